The first-order chi connectivity index (χ1) is 9.15. The van der Waals surface area contributed by atoms with Gasteiger partial charge in [-0.15, -0.1) is 0 Å². The highest BCUT2D eigenvalue weighted by atomic mass is 16.3. The van der Waals surface area contributed by atoms with Gasteiger partial charge in [0, 0.05) is 19.2 Å². The van der Waals surface area contributed by atoms with Crippen LogP contribution in [0, 0.1) is 11.8 Å². The first-order valence-corrected chi connectivity index (χ1v) is 7.80. The van der Waals surface area contributed by atoms with Crippen molar-refractivity contribution in [2.75, 3.05) is 13.2 Å². The summed E-state index contributed by atoms with van der Waals surface area (Å²) in [5.74, 6) is 1.12. The zero-order valence-electron chi connectivity index (χ0n) is 12.5. The van der Waals surface area contributed by atoms with E-state index in [4.69, 9.17) is 5.11 Å². The molecule has 1 aliphatic rings. The lowest BCUT2D eigenvalue weighted by Gasteiger charge is -2.27. The first-order valence-electron chi connectivity index (χ1n) is 7.80. The highest BCUT2D eigenvalue weighted by molar-refractivity contribution is 5.74. The lowest BCUT2D eigenvalue weighted by Crippen LogP contribution is -2.45. The molecule has 0 aromatic heterocycles. The Kier molecular flexibility index (Phi) is 7.87. The number of carbonyl (C=O) groups is 1. The number of hydrogen-bond acceptors (Lipinski definition) is 2. The Hall–Kier alpha value is -0.770. The van der Waals surface area contributed by atoms with Crippen LogP contribution in [0.15, 0.2) is 0 Å². The Bertz CT molecular complexity index is 253. The van der Waals surface area contributed by atoms with Crippen molar-refractivity contribution in [2.45, 2.75) is 64.8 Å². The predicted molar refractivity (Wildman–Crippen MR) is 78.1 cm³/mol. The molecule has 3 unspecified atom stereocenters. The van der Waals surface area contributed by atoms with Crippen LogP contribution in [-0.2, 0) is 0 Å². The minimum Gasteiger partial charge on any atom is -0.396 e. The maximum Gasteiger partial charge on any atom is 0.315 e. The molecule has 3 atom stereocenters. The van der Waals surface area contributed by atoms with Crippen molar-refractivity contribution in [1.82, 2.24) is 10.6 Å². The van der Waals surface area contributed by atoms with Gasteiger partial charge >= 0.3 is 6.03 Å². The predicted octanol–water partition coefficient (Wildman–Crippen LogP) is 2.66. The van der Waals surface area contributed by atoms with Gasteiger partial charge in [0.05, 0.1) is 0 Å². The van der Waals surface area contributed by atoms with E-state index in [-0.39, 0.29) is 12.6 Å². The molecule has 0 saturated heterocycles. The van der Waals surface area contributed by atoms with E-state index in [1.165, 1.54) is 12.8 Å². The molecule has 0 bridgehead atoms. The van der Waals surface area contributed by atoms with Crippen LogP contribution in [0.4, 0.5) is 4.79 Å². The Morgan fingerprint density at radius 1 is 1.37 bits per heavy atom. The fourth-order valence-electron chi connectivity index (χ4n) is 2.98. The summed E-state index contributed by atoms with van der Waals surface area (Å²) in [6.07, 6.45) is 7.63. The van der Waals surface area contributed by atoms with Gasteiger partial charge in [-0.3, -0.25) is 0 Å². The molecular weight excluding hydrogens is 240 g/mol. The molecule has 0 heterocycles. The molecule has 0 spiro atoms. The lowest BCUT2D eigenvalue weighted by atomic mass is 9.87. The summed E-state index contributed by atoms with van der Waals surface area (Å²) >= 11 is 0. The van der Waals surface area contributed by atoms with Crippen LogP contribution in [0.5, 0.6) is 0 Å². The number of carbonyl (C=O) groups excluding carboxylic acids is 1. The van der Waals surface area contributed by atoms with Crippen molar-refractivity contribution in [1.29, 1.82) is 0 Å². The van der Waals surface area contributed by atoms with Crippen molar-refractivity contribution in [3.63, 3.8) is 0 Å². The third kappa shape index (κ3) is 6.81. The number of urea groups is 1. The SMILES string of the molecule is CCCC(CCO)CNC(=O)NC1CCCC(C)C1. The number of amides is 2. The summed E-state index contributed by atoms with van der Waals surface area (Å²) in [7, 11) is 0. The largest absolute Gasteiger partial charge is 0.396 e. The number of rotatable bonds is 7. The Morgan fingerprint density at radius 2 is 2.16 bits per heavy atom. The second kappa shape index (κ2) is 9.18. The quantitative estimate of drug-likeness (QED) is 0.666. The molecule has 3 N–H and O–H groups in total. The number of nitrogens with one attached hydrogen (secondary N) is 2. The Morgan fingerprint density at radius 3 is 2.79 bits per heavy atom. The topological polar surface area (TPSA) is 61.4 Å². The van der Waals surface area contributed by atoms with Crippen LogP contribution in [0.3, 0.4) is 0 Å². The molecule has 1 saturated carbocycles. The van der Waals surface area contributed by atoms with E-state index >= 15 is 0 Å². The minimum absolute atomic E-state index is 0.0434. The summed E-state index contributed by atoms with van der Waals surface area (Å²) in [5.41, 5.74) is 0. The van der Waals surface area contributed by atoms with Gasteiger partial charge < -0.3 is 15.7 Å². The molecule has 0 aromatic rings. The monoisotopic (exact) mass is 270 g/mol. The van der Waals surface area contributed by atoms with E-state index in [2.05, 4.69) is 24.5 Å². The Balaban J connectivity index is 2.22. The van der Waals surface area contributed by atoms with Crippen LogP contribution < -0.4 is 10.6 Å². The smallest absolute Gasteiger partial charge is 0.315 e. The van der Waals surface area contributed by atoms with Crippen molar-refractivity contribution < 1.29 is 9.90 Å². The van der Waals surface area contributed by atoms with Crippen LogP contribution in [0.2, 0.25) is 0 Å². The molecule has 1 rings (SSSR count). The molecule has 1 fully saturated rings. The zero-order valence-corrected chi connectivity index (χ0v) is 12.5. The van der Waals surface area contributed by atoms with Gasteiger partial charge in [-0.2, -0.15) is 0 Å². The highest BCUT2D eigenvalue weighted by Crippen LogP contribution is 2.23. The van der Waals surface area contributed by atoms with E-state index in [9.17, 15) is 4.79 Å². The third-order valence-corrected chi connectivity index (χ3v) is 4.06. The number of hydrogen-bond donors (Lipinski definition) is 3. The van der Waals surface area contributed by atoms with Gasteiger partial charge in [-0.25, -0.2) is 4.79 Å². The van der Waals surface area contributed by atoms with Gasteiger partial charge in [0.2, 0.25) is 0 Å². The van der Waals surface area contributed by atoms with Gasteiger partial charge in [-0.05, 0) is 37.5 Å². The van der Waals surface area contributed by atoms with Crippen LogP contribution >= 0.6 is 0 Å². The van der Waals surface area contributed by atoms with Crippen LogP contribution in [0.25, 0.3) is 0 Å². The van der Waals surface area contributed by atoms with Crippen molar-refractivity contribution in [3.05, 3.63) is 0 Å². The molecule has 0 radical (unpaired) electrons. The first kappa shape index (κ1) is 16.3. The fraction of sp³-hybridized carbons (Fsp3) is 0.933. The number of aliphatic hydroxyl groups is 1. The molecule has 1 aliphatic carbocycles. The normalized spacial score (nSPS) is 24.8. The average molecular weight is 270 g/mol. The van der Waals surface area contributed by atoms with Crippen molar-refractivity contribution >= 4 is 6.03 Å². The summed E-state index contributed by atoms with van der Waals surface area (Å²) in [4.78, 5) is 11.8. The second-order valence-electron chi connectivity index (χ2n) is 5.99. The maximum absolute atomic E-state index is 11.8. The molecule has 4 heteroatoms. The summed E-state index contributed by atoms with van der Waals surface area (Å²) in [6, 6.07) is 0.296. The van der Waals surface area contributed by atoms with Crippen molar-refractivity contribution in [3.8, 4) is 0 Å². The van der Waals surface area contributed by atoms with Gasteiger partial charge in [0.1, 0.15) is 0 Å². The maximum atomic E-state index is 11.8. The van der Waals surface area contributed by atoms with E-state index in [1.807, 2.05) is 0 Å². The van der Waals surface area contributed by atoms with Gasteiger partial charge in [-0.1, -0.05) is 33.1 Å². The van der Waals surface area contributed by atoms with E-state index < -0.39 is 0 Å². The van der Waals surface area contributed by atoms with Gasteiger partial charge in [0.15, 0.2) is 0 Å². The molecule has 112 valence electrons. The molecule has 0 aromatic carbocycles. The van der Waals surface area contributed by atoms with E-state index in [0.717, 1.165) is 38.0 Å². The van der Waals surface area contributed by atoms with Crippen LogP contribution in [-0.4, -0.2) is 30.3 Å². The molecule has 2 amide bonds. The fourth-order valence-corrected chi connectivity index (χ4v) is 2.98. The van der Waals surface area contributed by atoms with E-state index in [0.29, 0.717) is 18.5 Å². The second-order valence-corrected chi connectivity index (χ2v) is 5.99. The zero-order chi connectivity index (χ0) is 14.1. The Labute approximate surface area is 117 Å². The summed E-state index contributed by atoms with van der Waals surface area (Å²) in [6.45, 7) is 5.26. The standard InChI is InChI=1S/C15H30N2O2/c1-3-5-13(8-9-18)11-16-15(19)17-14-7-4-6-12(2)10-14/h12-14,18H,3-11H2,1-2H3,(H2,16,17,19). The highest BCUT2D eigenvalue weighted by Gasteiger charge is 2.20. The minimum atomic E-state index is -0.0434. The van der Waals surface area contributed by atoms with Crippen molar-refractivity contribution in [2.24, 2.45) is 11.8 Å². The molecule has 4 nitrogen and oxygen atoms in total. The van der Waals surface area contributed by atoms with Crippen LogP contribution in [0.1, 0.15) is 58.8 Å². The average Bonchev–Trinajstić information content (AvgIpc) is 2.36. The third-order valence-electron chi connectivity index (χ3n) is 4.06. The summed E-state index contributed by atoms with van der Waals surface area (Å²) < 4.78 is 0. The summed E-state index contributed by atoms with van der Waals surface area (Å²) in [5, 5.41) is 15.0. The lowest BCUT2D eigenvalue weighted by molar-refractivity contribution is 0.219. The molecule has 19 heavy (non-hydrogen) atoms. The van der Waals surface area contributed by atoms with E-state index in [1.54, 1.807) is 0 Å². The molecule has 0 aliphatic heterocycles. The molecular formula is C15H30N2O2. The van der Waals surface area contributed by atoms with Gasteiger partial charge in [0.25, 0.3) is 0 Å². The number of aliphatic hydroxyl groups excluding tert-OH is 1.